The fourth-order valence-electron chi connectivity index (χ4n) is 7.09. The highest BCUT2D eigenvalue weighted by Gasteiger charge is 2.31. The van der Waals surface area contributed by atoms with Crippen LogP contribution in [-0.2, 0) is 22.6 Å². The van der Waals surface area contributed by atoms with Crippen LogP contribution in [0, 0.1) is 0 Å². The third-order valence-electron chi connectivity index (χ3n) is 9.95. The first-order valence-corrected chi connectivity index (χ1v) is 17.5. The van der Waals surface area contributed by atoms with Gasteiger partial charge in [-0.1, -0.05) is 80.6 Å². The molecule has 3 heterocycles. The van der Waals surface area contributed by atoms with Gasteiger partial charge in [0, 0.05) is 63.9 Å². The second kappa shape index (κ2) is 14.2. The number of carbonyl (C=O) groups is 3. The van der Waals surface area contributed by atoms with Crippen LogP contribution in [-0.4, -0.2) is 66.3 Å². The summed E-state index contributed by atoms with van der Waals surface area (Å²) in [4.78, 5) is 59.4. The number of carbonyl (C=O) groups excluding carboxylic acids is 3. The topological polar surface area (TPSA) is 103 Å². The Bertz CT molecular complexity index is 2130. The van der Waals surface area contributed by atoms with Crippen molar-refractivity contribution in [2.24, 2.45) is 0 Å². The molecule has 0 spiro atoms. The summed E-state index contributed by atoms with van der Waals surface area (Å²) in [5.74, 6) is -0.500. The van der Waals surface area contributed by atoms with Crippen LogP contribution >= 0.6 is 0 Å². The van der Waals surface area contributed by atoms with E-state index in [2.05, 4.69) is 36.2 Å². The summed E-state index contributed by atoms with van der Waals surface area (Å²) in [5, 5.41) is 5.49. The quantitative estimate of drug-likeness (QED) is 0.210. The largest absolute Gasteiger partial charge is 0.451 e. The van der Waals surface area contributed by atoms with Crippen LogP contribution in [0.5, 0.6) is 0 Å². The van der Waals surface area contributed by atoms with Crippen molar-refractivity contribution in [3.05, 3.63) is 124 Å². The van der Waals surface area contributed by atoms with E-state index in [0.29, 0.717) is 50.1 Å². The summed E-state index contributed by atoms with van der Waals surface area (Å²) in [6.45, 7) is 7.64. The van der Waals surface area contributed by atoms with Crippen molar-refractivity contribution in [2.75, 3.05) is 37.6 Å². The van der Waals surface area contributed by atoms with Crippen molar-refractivity contribution in [2.45, 2.75) is 51.6 Å². The molecule has 1 atom stereocenters. The van der Waals surface area contributed by atoms with Crippen molar-refractivity contribution in [3.8, 4) is 0 Å². The number of hydrogen-bond donors (Lipinski definition) is 1. The Kier molecular flexibility index (Phi) is 9.39. The zero-order chi connectivity index (χ0) is 34.8. The van der Waals surface area contributed by atoms with Gasteiger partial charge in [0.1, 0.15) is 11.6 Å². The summed E-state index contributed by atoms with van der Waals surface area (Å²) in [6.07, 6.45) is 1.77. The molecule has 0 bridgehead atoms. The first-order valence-electron chi connectivity index (χ1n) is 17.5. The normalized spacial score (nSPS) is 15.7. The molecule has 256 valence electrons. The van der Waals surface area contributed by atoms with E-state index in [-0.39, 0.29) is 35.3 Å². The van der Waals surface area contributed by atoms with Gasteiger partial charge in [-0.15, -0.1) is 0 Å². The number of benzene rings is 4. The summed E-state index contributed by atoms with van der Waals surface area (Å²) in [6, 6.07) is 28.0. The third-order valence-corrected chi connectivity index (χ3v) is 9.95. The number of amides is 3. The number of anilines is 1. The second-order valence-electron chi connectivity index (χ2n) is 13.7. The fraction of sp³-hybridized carbons (Fsp3) is 0.317. The van der Waals surface area contributed by atoms with E-state index in [9.17, 15) is 19.2 Å². The van der Waals surface area contributed by atoms with E-state index in [0.717, 1.165) is 46.1 Å². The second-order valence-corrected chi connectivity index (χ2v) is 13.7. The smallest absolute Gasteiger partial charge is 0.287 e. The standard InChI is InChI=1S/C41H42N4O5/c1-27(2)30-15-16-37-33(24-30)36(46)25-38(50-37)40(48)42-34(23-28-13-14-29-8-3-4-9-31(29)22-28)41(49)44-20-18-43(19-21-44)35-11-6-5-10-32(35)26-45-17-7-12-39(45)47/h3-6,8-11,13-16,22,24-25,27,34H,7,12,17-21,23,26H2,1-2H3,(H,42,48)/t34-/m1/s1. The maximum atomic E-state index is 14.2. The van der Waals surface area contributed by atoms with E-state index in [1.54, 1.807) is 11.0 Å². The number of nitrogens with one attached hydrogen (secondary N) is 1. The van der Waals surface area contributed by atoms with Crippen LogP contribution in [0.15, 0.2) is 100 Å². The highest BCUT2D eigenvalue weighted by atomic mass is 16.3. The maximum Gasteiger partial charge on any atom is 0.287 e. The van der Waals surface area contributed by atoms with Gasteiger partial charge in [0.15, 0.2) is 11.2 Å². The van der Waals surface area contributed by atoms with Crippen molar-refractivity contribution >= 4 is 45.2 Å². The molecule has 3 amide bonds. The molecule has 1 aromatic heterocycles. The van der Waals surface area contributed by atoms with Gasteiger partial charge < -0.3 is 24.4 Å². The number of nitrogens with zero attached hydrogens (tertiary/aromatic N) is 3. The van der Waals surface area contributed by atoms with E-state index >= 15 is 0 Å². The average Bonchev–Trinajstić information content (AvgIpc) is 3.54. The van der Waals surface area contributed by atoms with Gasteiger partial charge in [-0.05, 0) is 58.0 Å². The Morgan fingerprint density at radius 1 is 0.820 bits per heavy atom. The Balaban J connectivity index is 1.11. The third kappa shape index (κ3) is 6.99. The maximum absolute atomic E-state index is 14.2. The van der Waals surface area contributed by atoms with Gasteiger partial charge >= 0.3 is 0 Å². The van der Waals surface area contributed by atoms with Crippen LogP contribution < -0.4 is 15.6 Å². The van der Waals surface area contributed by atoms with Gasteiger partial charge in [0.2, 0.25) is 11.8 Å². The van der Waals surface area contributed by atoms with Crippen molar-refractivity contribution in [3.63, 3.8) is 0 Å². The van der Waals surface area contributed by atoms with Crippen molar-refractivity contribution in [1.29, 1.82) is 0 Å². The molecular formula is C41H42N4O5. The molecule has 0 saturated carbocycles. The minimum absolute atomic E-state index is 0.131. The van der Waals surface area contributed by atoms with E-state index < -0.39 is 11.9 Å². The summed E-state index contributed by atoms with van der Waals surface area (Å²) < 4.78 is 5.93. The van der Waals surface area contributed by atoms with Gasteiger partial charge in [0.25, 0.3) is 5.91 Å². The molecule has 50 heavy (non-hydrogen) atoms. The Labute approximate surface area is 291 Å². The lowest BCUT2D eigenvalue weighted by Gasteiger charge is -2.38. The SMILES string of the molecule is CC(C)c1ccc2oc(C(=O)N[C@H](Cc3ccc4ccccc4c3)C(=O)N3CCN(c4ccccc4CN4CCCC4=O)CC3)cc(=O)c2c1. The highest BCUT2D eigenvalue weighted by Crippen LogP contribution is 2.26. The minimum atomic E-state index is -0.881. The number of likely N-dealkylation sites (tertiary alicyclic amines) is 1. The zero-order valence-corrected chi connectivity index (χ0v) is 28.6. The minimum Gasteiger partial charge on any atom is -0.451 e. The molecule has 9 nitrogen and oxygen atoms in total. The molecule has 4 aromatic carbocycles. The molecule has 0 aliphatic carbocycles. The van der Waals surface area contributed by atoms with Crippen molar-refractivity contribution in [1.82, 2.24) is 15.1 Å². The van der Waals surface area contributed by atoms with Crippen LogP contribution in [0.25, 0.3) is 21.7 Å². The number of fused-ring (bicyclic) bond motifs is 2. The number of hydrogen-bond acceptors (Lipinski definition) is 6. The molecule has 0 unspecified atom stereocenters. The van der Waals surface area contributed by atoms with Gasteiger partial charge in [0.05, 0.1) is 5.39 Å². The monoisotopic (exact) mass is 670 g/mol. The summed E-state index contributed by atoms with van der Waals surface area (Å²) in [7, 11) is 0. The van der Waals surface area contributed by atoms with Crippen LogP contribution in [0.3, 0.4) is 0 Å². The number of rotatable bonds is 9. The molecule has 2 aliphatic rings. The molecular weight excluding hydrogens is 628 g/mol. The first kappa shape index (κ1) is 33.1. The molecule has 2 saturated heterocycles. The van der Waals surface area contributed by atoms with Crippen molar-refractivity contribution < 1.29 is 18.8 Å². The summed E-state index contributed by atoms with van der Waals surface area (Å²) in [5.41, 5.74) is 4.12. The molecule has 2 aliphatic heterocycles. The van der Waals surface area contributed by atoms with Crippen LogP contribution in [0.1, 0.15) is 59.9 Å². The number of piperazine rings is 1. The predicted molar refractivity (Wildman–Crippen MR) is 195 cm³/mol. The van der Waals surface area contributed by atoms with Gasteiger partial charge in [-0.2, -0.15) is 0 Å². The van der Waals surface area contributed by atoms with Gasteiger partial charge in [-0.25, -0.2) is 0 Å². The van der Waals surface area contributed by atoms with E-state index in [1.807, 2.05) is 71.6 Å². The Morgan fingerprint density at radius 2 is 1.58 bits per heavy atom. The lowest BCUT2D eigenvalue weighted by atomic mass is 10.00. The first-order chi connectivity index (χ1) is 24.2. The van der Waals surface area contributed by atoms with E-state index in [4.69, 9.17) is 4.42 Å². The molecule has 2 fully saturated rings. The zero-order valence-electron chi connectivity index (χ0n) is 28.6. The molecule has 5 aromatic rings. The van der Waals surface area contributed by atoms with E-state index in [1.165, 1.54) is 6.07 Å². The van der Waals surface area contributed by atoms with Crippen LogP contribution in [0.2, 0.25) is 0 Å². The lowest BCUT2D eigenvalue weighted by molar-refractivity contribution is -0.133. The number of para-hydroxylation sites is 1. The molecule has 0 radical (unpaired) electrons. The van der Waals surface area contributed by atoms with Crippen LogP contribution in [0.4, 0.5) is 5.69 Å². The highest BCUT2D eigenvalue weighted by molar-refractivity contribution is 5.97. The average molecular weight is 671 g/mol. The lowest BCUT2D eigenvalue weighted by Crippen LogP contribution is -2.55. The molecule has 9 heteroatoms. The molecule has 1 N–H and O–H groups in total. The fourth-order valence-corrected chi connectivity index (χ4v) is 7.09. The van der Waals surface area contributed by atoms with Gasteiger partial charge in [-0.3, -0.25) is 19.2 Å². The predicted octanol–water partition coefficient (Wildman–Crippen LogP) is 5.88. The Hall–Kier alpha value is -5.44. The Morgan fingerprint density at radius 3 is 2.34 bits per heavy atom. The molecule has 7 rings (SSSR count). The summed E-state index contributed by atoms with van der Waals surface area (Å²) >= 11 is 0.